The minimum absolute atomic E-state index is 0.0237. The highest BCUT2D eigenvalue weighted by atomic mass is 16.7. The zero-order valence-corrected chi connectivity index (χ0v) is 13.7. The summed E-state index contributed by atoms with van der Waals surface area (Å²) >= 11 is 0. The van der Waals surface area contributed by atoms with E-state index in [1.165, 1.54) is 0 Å². The number of ether oxygens (including phenoxy) is 3. The molecular formula is C17H30O4. The molecule has 1 saturated carbocycles. The van der Waals surface area contributed by atoms with E-state index in [0.29, 0.717) is 12.3 Å². The highest BCUT2D eigenvalue weighted by Gasteiger charge is 2.41. The minimum atomic E-state index is -0.0396. The molecule has 21 heavy (non-hydrogen) atoms. The molecule has 0 aromatic heterocycles. The lowest BCUT2D eigenvalue weighted by Gasteiger charge is -2.45. The van der Waals surface area contributed by atoms with Crippen molar-refractivity contribution in [1.82, 2.24) is 0 Å². The Kier molecular flexibility index (Phi) is 6.06. The van der Waals surface area contributed by atoms with Crippen LogP contribution in [0.25, 0.3) is 0 Å². The maximum Gasteiger partial charge on any atom is 0.306 e. The van der Waals surface area contributed by atoms with Crippen molar-refractivity contribution >= 4 is 5.97 Å². The summed E-state index contributed by atoms with van der Waals surface area (Å²) < 4.78 is 17.2. The number of carbonyl (C=O) groups excluding carboxylic acids is 1. The van der Waals surface area contributed by atoms with Crippen LogP contribution >= 0.6 is 0 Å². The zero-order chi connectivity index (χ0) is 15.3. The average molecular weight is 298 g/mol. The number of hydrogen-bond donors (Lipinski definition) is 0. The van der Waals surface area contributed by atoms with Crippen molar-refractivity contribution in [2.45, 2.75) is 78.1 Å². The van der Waals surface area contributed by atoms with Gasteiger partial charge in [0.05, 0.1) is 13.2 Å². The fourth-order valence-electron chi connectivity index (χ4n) is 3.45. The SMILES string of the molecule is CCCC(=O)OC1CCC([C@]2(C)CO[C@H](CC)OC2)CC1. The predicted molar refractivity (Wildman–Crippen MR) is 80.8 cm³/mol. The zero-order valence-electron chi connectivity index (χ0n) is 13.7. The van der Waals surface area contributed by atoms with Gasteiger partial charge in [-0.25, -0.2) is 0 Å². The van der Waals surface area contributed by atoms with Gasteiger partial charge in [0.2, 0.25) is 0 Å². The summed E-state index contributed by atoms with van der Waals surface area (Å²) in [5, 5.41) is 0. The van der Waals surface area contributed by atoms with Crippen LogP contribution in [0, 0.1) is 11.3 Å². The Hall–Kier alpha value is -0.610. The predicted octanol–water partition coefficient (Wildman–Crippen LogP) is 3.68. The summed E-state index contributed by atoms with van der Waals surface area (Å²) in [5.41, 5.74) is 0.115. The van der Waals surface area contributed by atoms with Crippen LogP contribution in [0.1, 0.15) is 65.7 Å². The van der Waals surface area contributed by atoms with Gasteiger partial charge in [-0.15, -0.1) is 0 Å². The van der Waals surface area contributed by atoms with Gasteiger partial charge in [0.15, 0.2) is 6.29 Å². The number of hydrogen-bond acceptors (Lipinski definition) is 4. The van der Waals surface area contributed by atoms with Gasteiger partial charge in [-0.1, -0.05) is 20.8 Å². The quantitative estimate of drug-likeness (QED) is 0.726. The summed E-state index contributed by atoms with van der Waals surface area (Å²) in [5.74, 6) is 0.568. The first-order chi connectivity index (χ1) is 10.1. The highest BCUT2D eigenvalue weighted by molar-refractivity contribution is 5.69. The molecule has 0 spiro atoms. The van der Waals surface area contributed by atoms with Gasteiger partial charge in [-0.3, -0.25) is 4.79 Å². The second kappa shape index (κ2) is 7.59. The monoisotopic (exact) mass is 298 g/mol. The Balaban J connectivity index is 1.77. The van der Waals surface area contributed by atoms with Crippen LogP contribution in [0.3, 0.4) is 0 Å². The molecule has 0 unspecified atom stereocenters. The molecule has 4 heteroatoms. The maximum absolute atomic E-state index is 11.6. The normalized spacial score (nSPS) is 37.2. The Morgan fingerprint density at radius 2 is 1.76 bits per heavy atom. The van der Waals surface area contributed by atoms with Gasteiger partial charge >= 0.3 is 5.97 Å². The third-order valence-corrected chi connectivity index (χ3v) is 4.94. The van der Waals surface area contributed by atoms with Crippen molar-refractivity contribution in [3.8, 4) is 0 Å². The third-order valence-electron chi connectivity index (χ3n) is 4.94. The fourth-order valence-corrected chi connectivity index (χ4v) is 3.45. The number of carbonyl (C=O) groups is 1. The summed E-state index contributed by atoms with van der Waals surface area (Å²) in [6, 6.07) is 0. The van der Waals surface area contributed by atoms with Crippen LogP contribution in [-0.2, 0) is 19.0 Å². The molecule has 0 bridgehead atoms. The van der Waals surface area contributed by atoms with Gasteiger partial charge in [-0.2, -0.15) is 0 Å². The number of esters is 1. The average Bonchev–Trinajstić information content (AvgIpc) is 2.49. The van der Waals surface area contributed by atoms with E-state index in [4.69, 9.17) is 14.2 Å². The summed E-state index contributed by atoms with van der Waals surface area (Å²) in [4.78, 5) is 11.6. The van der Waals surface area contributed by atoms with Crippen LogP contribution in [0.4, 0.5) is 0 Å². The molecule has 1 heterocycles. The van der Waals surface area contributed by atoms with E-state index in [1.54, 1.807) is 0 Å². The first-order valence-corrected chi connectivity index (χ1v) is 8.50. The molecule has 0 amide bonds. The Bertz CT molecular complexity index is 326. The van der Waals surface area contributed by atoms with Gasteiger partial charge in [0.1, 0.15) is 6.10 Å². The Morgan fingerprint density at radius 1 is 1.14 bits per heavy atom. The molecule has 1 aliphatic carbocycles. The molecule has 0 radical (unpaired) electrons. The topological polar surface area (TPSA) is 44.8 Å². The molecule has 0 atom stereocenters. The van der Waals surface area contributed by atoms with Crippen LogP contribution < -0.4 is 0 Å². The lowest BCUT2D eigenvalue weighted by atomic mass is 9.70. The highest BCUT2D eigenvalue weighted by Crippen LogP contribution is 2.42. The molecule has 1 aliphatic heterocycles. The molecule has 0 aromatic carbocycles. The van der Waals surface area contributed by atoms with E-state index < -0.39 is 0 Å². The smallest absolute Gasteiger partial charge is 0.306 e. The van der Waals surface area contributed by atoms with Gasteiger partial charge in [0, 0.05) is 11.8 Å². The molecule has 0 aromatic rings. The lowest BCUT2D eigenvalue weighted by molar-refractivity contribution is -0.240. The molecule has 122 valence electrons. The van der Waals surface area contributed by atoms with E-state index >= 15 is 0 Å². The maximum atomic E-state index is 11.6. The lowest BCUT2D eigenvalue weighted by Crippen LogP contribution is -2.46. The molecule has 0 N–H and O–H groups in total. The van der Waals surface area contributed by atoms with Crippen molar-refractivity contribution < 1.29 is 19.0 Å². The summed E-state index contributed by atoms with van der Waals surface area (Å²) in [7, 11) is 0. The van der Waals surface area contributed by atoms with E-state index in [1.807, 2.05) is 6.92 Å². The Labute approximate surface area is 128 Å². The van der Waals surface area contributed by atoms with Crippen LogP contribution in [0.5, 0.6) is 0 Å². The second-order valence-electron chi connectivity index (χ2n) is 6.83. The summed E-state index contributed by atoms with van der Waals surface area (Å²) in [6.45, 7) is 7.94. The summed E-state index contributed by atoms with van der Waals surface area (Å²) in [6.07, 6.45) is 6.57. The molecule has 2 fully saturated rings. The van der Waals surface area contributed by atoms with E-state index in [-0.39, 0.29) is 23.8 Å². The second-order valence-corrected chi connectivity index (χ2v) is 6.83. The van der Waals surface area contributed by atoms with E-state index in [9.17, 15) is 4.79 Å². The molecule has 2 aliphatic rings. The third kappa shape index (κ3) is 4.43. The standard InChI is InChI=1S/C17H30O4/c1-4-6-15(18)21-14-9-7-13(8-10-14)17(3)11-19-16(5-2)20-12-17/h13-14,16H,4-12H2,1-3H3/t13?,14?,16-,17+. The fraction of sp³-hybridized carbons (Fsp3) is 0.941. The molecule has 2 rings (SSSR count). The van der Waals surface area contributed by atoms with Crippen molar-refractivity contribution in [1.29, 1.82) is 0 Å². The first-order valence-electron chi connectivity index (χ1n) is 8.50. The molecule has 1 saturated heterocycles. The van der Waals surface area contributed by atoms with Crippen molar-refractivity contribution in [3.63, 3.8) is 0 Å². The van der Waals surface area contributed by atoms with Crippen LogP contribution in [0.15, 0.2) is 0 Å². The Morgan fingerprint density at radius 3 is 2.29 bits per heavy atom. The van der Waals surface area contributed by atoms with Crippen LogP contribution in [0.2, 0.25) is 0 Å². The number of rotatable bonds is 5. The van der Waals surface area contributed by atoms with Gasteiger partial charge in [0.25, 0.3) is 0 Å². The van der Waals surface area contributed by atoms with E-state index in [0.717, 1.165) is 51.7 Å². The van der Waals surface area contributed by atoms with E-state index in [2.05, 4.69) is 13.8 Å². The van der Waals surface area contributed by atoms with Crippen LogP contribution in [-0.4, -0.2) is 31.6 Å². The first kappa shape index (κ1) is 16.8. The van der Waals surface area contributed by atoms with Crippen molar-refractivity contribution in [2.75, 3.05) is 13.2 Å². The molecular weight excluding hydrogens is 268 g/mol. The van der Waals surface area contributed by atoms with Crippen molar-refractivity contribution in [2.24, 2.45) is 11.3 Å². The largest absolute Gasteiger partial charge is 0.462 e. The van der Waals surface area contributed by atoms with Gasteiger partial charge < -0.3 is 14.2 Å². The van der Waals surface area contributed by atoms with Gasteiger partial charge in [-0.05, 0) is 44.4 Å². The minimum Gasteiger partial charge on any atom is -0.462 e. The molecule has 4 nitrogen and oxygen atoms in total. The van der Waals surface area contributed by atoms with Crippen molar-refractivity contribution in [3.05, 3.63) is 0 Å².